The summed E-state index contributed by atoms with van der Waals surface area (Å²) in [5, 5.41) is 6.99. The fourth-order valence-electron chi connectivity index (χ4n) is 2.36. The molecule has 1 aliphatic carbocycles. The van der Waals surface area contributed by atoms with E-state index in [1.165, 1.54) is 30.7 Å². The Labute approximate surface area is 96.1 Å². The highest BCUT2D eigenvalue weighted by Gasteiger charge is 2.20. The molecule has 2 unspecified atom stereocenters. The van der Waals surface area contributed by atoms with Crippen molar-refractivity contribution in [2.45, 2.75) is 45.1 Å². The van der Waals surface area contributed by atoms with Crippen molar-refractivity contribution < 1.29 is 0 Å². The van der Waals surface area contributed by atoms with Crippen molar-refractivity contribution in [1.29, 1.82) is 0 Å². The SMILES string of the molecule is CC1CCCCC1NCCc1nccs1. The zero-order chi connectivity index (χ0) is 10.5. The summed E-state index contributed by atoms with van der Waals surface area (Å²) in [6.45, 7) is 3.46. The summed E-state index contributed by atoms with van der Waals surface area (Å²) in [5.74, 6) is 0.857. The predicted molar refractivity (Wildman–Crippen MR) is 65.2 cm³/mol. The third-order valence-corrected chi connectivity index (χ3v) is 4.18. The number of nitrogens with zero attached hydrogens (tertiary/aromatic N) is 1. The lowest BCUT2D eigenvalue weighted by molar-refractivity contribution is 0.282. The largest absolute Gasteiger partial charge is 0.313 e. The van der Waals surface area contributed by atoms with E-state index in [0.29, 0.717) is 0 Å². The van der Waals surface area contributed by atoms with Gasteiger partial charge in [-0.2, -0.15) is 0 Å². The molecule has 2 nitrogen and oxygen atoms in total. The summed E-state index contributed by atoms with van der Waals surface area (Å²) in [6.07, 6.45) is 8.56. The van der Waals surface area contributed by atoms with Crippen molar-refractivity contribution in [2.75, 3.05) is 6.54 Å². The van der Waals surface area contributed by atoms with Gasteiger partial charge in [0.1, 0.15) is 0 Å². The van der Waals surface area contributed by atoms with Gasteiger partial charge in [-0.1, -0.05) is 19.8 Å². The van der Waals surface area contributed by atoms with Crippen LogP contribution in [-0.4, -0.2) is 17.6 Å². The summed E-state index contributed by atoms with van der Waals surface area (Å²) < 4.78 is 0. The van der Waals surface area contributed by atoms with E-state index in [1.807, 2.05) is 6.20 Å². The molecule has 2 atom stereocenters. The van der Waals surface area contributed by atoms with Crippen LogP contribution in [0.1, 0.15) is 37.6 Å². The molecule has 1 fully saturated rings. The molecule has 0 aromatic carbocycles. The molecule has 1 N–H and O–H groups in total. The van der Waals surface area contributed by atoms with Crippen molar-refractivity contribution in [3.63, 3.8) is 0 Å². The Morgan fingerprint density at radius 3 is 3.07 bits per heavy atom. The van der Waals surface area contributed by atoms with Gasteiger partial charge < -0.3 is 5.32 Å². The number of thiazole rings is 1. The normalized spacial score (nSPS) is 26.7. The lowest BCUT2D eigenvalue weighted by atomic mass is 9.86. The van der Waals surface area contributed by atoms with E-state index in [-0.39, 0.29) is 0 Å². The van der Waals surface area contributed by atoms with Crippen molar-refractivity contribution in [2.24, 2.45) is 5.92 Å². The first-order valence-corrected chi connectivity index (χ1v) is 6.86. The molecule has 84 valence electrons. The smallest absolute Gasteiger partial charge is 0.0937 e. The lowest BCUT2D eigenvalue weighted by Gasteiger charge is -2.29. The van der Waals surface area contributed by atoms with Crippen LogP contribution in [0.5, 0.6) is 0 Å². The molecule has 1 aromatic heterocycles. The Hall–Kier alpha value is -0.410. The van der Waals surface area contributed by atoms with E-state index in [0.717, 1.165) is 24.9 Å². The van der Waals surface area contributed by atoms with Gasteiger partial charge in [0.25, 0.3) is 0 Å². The molecule has 1 heterocycles. The minimum absolute atomic E-state index is 0.749. The first-order valence-electron chi connectivity index (χ1n) is 5.98. The molecule has 1 aliphatic rings. The third kappa shape index (κ3) is 3.28. The minimum atomic E-state index is 0.749. The Morgan fingerprint density at radius 1 is 1.47 bits per heavy atom. The summed E-state index contributed by atoms with van der Waals surface area (Å²) in [6, 6.07) is 0.749. The summed E-state index contributed by atoms with van der Waals surface area (Å²) in [7, 11) is 0. The molecule has 0 bridgehead atoms. The highest BCUT2D eigenvalue weighted by molar-refractivity contribution is 7.09. The number of aromatic nitrogens is 1. The highest BCUT2D eigenvalue weighted by Crippen LogP contribution is 2.23. The van der Waals surface area contributed by atoms with Crippen molar-refractivity contribution in [3.8, 4) is 0 Å². The van der Waals surface area contributed by atoms with E-state index in [2.05, 4.69) is 22.6 Å². The van der Waals surface area contributed by atoms with Crippen LogP contribution in [0.4, 0.5) is 0 Å². The molecule has 1 saturated carbocycles. The first-order chi connectivity index (χ1) is 7.36. The molecule has 15 heavy (non-hydrogen) atoms. The molecular formula is C12H20N2S. The van der Waals surface area contributed by atoms with Crippen LogP contribution in [0.15, 0.2) is 11.6 Å². The maximum absolute atomic E-state index is 4.30. The van der Waals surface area contributed by atoms with Crippen molar-refractivity contribution in [1.82, 2.24) is 10.3 Å². The summed E-state index contributed by atoms with van der Waals surface area (Å²) >= 11 is 1.76. The predicted octanol–water partition coefficient (Wildman–Crippen LogP) is 2.85. The molecule has 1 aromatic rings. The minimum Gasteiger partial charge on any atom is -0.313 e. The standard InChI is InChI=1S/C12H20N2S/c1-10-4-2-3-5-11(10)13-7-6-12-14-8-9-15-12/h8-11,13H,2-7H2,1H3. The zero-order valence-electron chi connectivity index (χ0n) is 9.41. The molecule has 2 rings (SSSR count). The molecule has 0 spiro atoms. The second-order valence-electron chi connectivity index (χ2n) is 4.50. The Kier molecular flexibility index (Phi) is 4.15. The summed E-state index contributed by atoms with van der Waals surface area (Å²) in [4.78, 5) is 4.30. The molecule has 3 heteroatoms. The molecular weight excluding hydrogens is 204 g/mol. The van der Waals surface area contributed by atoms with Crippen LogP contribution in [0.3, 0.4) is 0 Å². The number of hydrogen-bond acceptors (Lipinski definition) is 3. The van der Waals surface area contributed by atoms with Gasteiger partial charge in [0, 0.05) is 30.6 Å². The van der Waals surface area contributed by atoms with Gasteiger partial charge in [0.15, 0.2) is 0 Å². The highest BCUT2D eigenvalue weighted by atomic mass is 32.1. The Morgan fingerprint density at radius 2 is 2.33 bits per heavy atom. The topological polar surface area (TPSA) is 24.9 Å². The lowest BCUT2D eigenvalue weighted by Crippen LogP contribution is -2.38. The van der Waals surface area contributed by atoms with Gasteiger partial charge in [-0.05, 0) is 18.8 Å². The fraction of sp³-hybridized carbons (Fsp3) is 0.750. The molecule has 0 saturated heterocycles. The van der Waals surface area contributed by atoms with Crippen molar-refractivity contribution >= 4 is 11.3 Å². The quantitative estimate of drug-likeness (QED) is 0.850. The average Bonchev–Trinajstić information content (AvgIpc) is 2.74. The average molecular weight is 224 g/mol. The number of nitrogens with one attached hydrogen (secondary N) is 1. The number of hydrogen-bond donors (Lipinski definition) is 1. The molecule has 0 radical (unpaired) electrons. The van der Waals surface area contributed by atoms with E-state index in [4.69, 9.17) is 0 Å². The molecule has 0 aliphatic heterocycles. The Balaban J connectivity index is 1.68. The zero-order valence-corrected chi connectivity index (χ0v) is 10.2. The Bertz CT molecular complexity index is 271. The van der Waals surface area contributed by atoms with Gasteiger partial charge in [-0.3, -0.25) is 0 Å². The van der Waals surface area contributed by atoms with E-state index >= 15 is 0 Å². The van der Waals surface area contributed by atoms with Crippen LogP contribution in [0.25, 0.3) is 0 Å². The molecule has 0 amide bonds. The monoisotopic (exact) mass is 224 g/mol. The van der Waals surface area contributed by atoms with Gasteiger partial charge in [-0.15, -0.1) is 11.3 Å². The van der Waals surface area contributed by atoms with Gasteiger partial charge in [0.05, 0.1) is 5.01 Å². The van der Waals surface area contributed by atoms with Gasteiger partial charge in [-0.25, -0.2) is 4.98 Å². The maximum atomic E-state index is 4.30. The van der Waals surface area contributed by atoms with Crippen LogP contribution in [0.2, 0.25) is 0 Å². The maximum Gasteiger partial charge on any atom is 0.0937 e. The number of rotatable bonds is 4. The van der Waals surface area contributed by atoms with Crippen LogP contribution in [-0.2, 0) is 6.42 Å². The van der Waals surface area contributed by atoms with E-state index < -0.39 is 0 Å². The van der Waals surface area contributed by atoms with Crippen LogP contribution >= 0.6 is 11.3 Å². The fourth-order valence-corrected chi connectivity index (χ4v) is 2.98. The van der Waals surface area contributed by atoms with Gasteiger partial charge in [0.2, 0.25) is 0 Å². The second-order valence-corrected chi connectivity index (χ2v) is 5.48. The van der Waals surface area contributed by atoms with Crippen LogP contribution < -0.4 is 5.32 Å². The second kappa shape index (κ2) is 5.61. The van der Waals surface area contributed by atoms with Crippen molar-refractivity contribution in [3.05, 3.63) is 16.6 Å². The first kappa shape index (κ1) is 11.1. The summed E-state index contributed by atoms with van der Waals surface area (Å²) in [5.41, 5.74) is 0. The van der Waals surface area contributed by atoms with Gasteiger partial charge >= 0.3 is 0 Å². The third-order valence-electron chi connectivity index (χ3n) is 3.34. The van der Waals surface area contributed by atoms with Crippen LogP contribution in [0, 0.1) is 5.92 Å². The van der Waals surface area contributed by atoms with E-state index in [9.17, 15) is 0 Å². The van der Waals surface area contributed by atoms with E-state index in [1.54, 1.807) is 11.3 Å².